The minimum Gasteiger partial charge on any atom is -0.389 e. The Labute approximate surface area is 120 Å². The van der Waals surface area contributed by atoms with Gasteiger partial charge in [-0.25, -0.2) is 0 Å². The number of aromatic nitrogens is 2. The highest BCUT2D eigenvalue weighted by Crippen LogP contribution is 2.19. The maximum Gasteiger partial charge on any atom is 0.271 e. The first kappa shape index (κ1) is 13.6. The minimum absolute atomic E-state index is 0.129. The number of rotatable bonds is 3. The molecule has 1 heterocycles. The Morgan fingerprint density at radius 2 is 2.00 bits per heavy atom. The third-order valence-corrected chi connectivity index (χ3v) is 3.74. The zero-order chi connectivity index (χ0) is 14.0. The van der Waals surface area contributed by atoms with Crippen molar-refractivity contribution in [3.8, 4) is 0 Å². The van der Waals surface area contributed by atoms with E-state index in [-0.39, 0.29) is 5.91 Å². The zero-order valence-electron chi connectivity index (χ0n) is 10.5. The first-order valence-corrected chi connectivity index (χ1v) is 6.65. The van der Waals surface area contributed by atoms with Crippen LogP contribution in [0, 0.1) is 6.92 Å². The van der Waals surface area contributed by atoms with Crippen LogP contribution >= 0.6 is 23.8 Å². The second-order valence-electron chi connectivity index (χ2n) is 3.96. The van der Waals surface area contributed by atoms with Crippen LogP contribution < -0.4 is 10.6 Å². The third kappa shape index (κ3) is 2.77. The summed E-state index contributed by atoms with van der Waals surface area (Å²) < 4.78 is 3.77. The van der Waals surface area contributed by atoms with Gasteiger partial charge in [0.2, 0.25) is 0 Å². The standard InChI is InChI=1S/C12H12N4OS2/c1-7-10(19-15-14-7)12(17)16(2)9-5-3-8(4-6-9)11(13)18/h3-6H,1-2H3,(H2,13,18). The molecule has 0 aliphatic rings. The number of amides is 1. The molecular formula is C12H12N4OS2. The molecule has 1 aromatic heterocycles. The summed E-state index contributed by atoms with van der Waals surface area (Å²) in [6.07, 6.45) is 0. The van der Waals surface area contributed by atoms with Gasteiger partial charge in [0, 0.05) is 18.3 Å². The van der Waals surface area contributed by atoms with Crippen molar-refractivity contribution in [1.82, 2.24) is 9.59 Å². The summed E-state index contributed by atoms with van der Waals surface area (Å²) in [6, 6.07) is 7.19. The van der Waals surface area contributed by atoms with Gasteiger partial charge < -0.3 is 10.6 Å². The molecule has 0 bridgehead atoms. The van der Waals surface area contributed by atoms with E-state index in [4.69, 9.17) is 18.0 Å². The molecule has 19 heavy (non-hydrogen) atoms. The van der Waals surface area contributed by atoms with Crippen molar-refractivity contribution in [3.63, 3.8) is 0 Å². The topological polar surface area (TPSA) is 72.1 Å². The van der Waals surface area contributed by atoms with Crippen LogP contribution in [-0.2, 0) is 0 Å². The quantitative estimate of drug-likeness (QED) is 0.873. The predicted octanol–water partition coefficient (Wildman–Crippen LogP) is 1.76. The average Bonchev–Trinajstić information content (AvgIpc) is 2.83. The van der Waals surface area contributed by atoms with Gasteiger partial charge in [0.05, 0.1) is 5.69 Å². The van der Waals surface area contributed by atoms with Crippen LogP contribution in [0.5, 0.6) is 0 Å². The number of nitrogens with zero attached hydrogens (tertiary/aromatic N) is 3. The summed E-state index contributed by atoms with van der Waals surface area (Å²) in [7, 11) is 1.71. The number of anilines is 1. The molecule has 2 aromatic rings. The lowest BCUT2D eigenvalue weighted by Crippen LogP contribution is -2.26. The Kier molecular flexibility index (Phi) is 3.87. The van der Waals surface area contributed by atoms with Gasteiger partial charge in [-0.05, 0) is 42.7 Å². The molecular weight excluding hydrogens is 280 g/mol. The highest BCUT2D eigenvalue weighted by Gasteiger charge is 2.18. The number of nitrogens with two attached hydrogens (primary N) is 1. The fraction of sp³-hybridized carbons (Fsp3) is 0.167. The van der Waals surface area contributed by atoms with Crippen LogP contribution in [0.15, 0.2) is 24.3 Å². The van der Waals surface area contributed by atoms with E-state index in [2.05, 4.69) is 9.59 Å². The number of thiocarbonyl (C=S) groups is 1. The van der Waals surface area contributed by atoms with Crippen LogP contribution in [-0.4, -0.2) is 27.5 Å². The Bertz CT molecular complexity index is 621. The van der Waals surface area contributed by atoms with Gasteiger partial charge >= 0.3 is 0 Å². The molecule has 0 saturated carbocycles. The summed E-state index contributed by atoms with van der Waals surface area (Å²) in [5, 5.41) is 3.84. The van der Waals surface area contributed by atoms with E-state index in [0.29, 0.717) is 15.6 Å². The Morgan fingerprint density at radius 1 is 1.37 bits per heavy atom. The highest BCUT2D eigenvalue weighted by atomic mass is 32.1. The molecule has 0 atom stereocenters. The molecule has 0 aliphatic heterocycles. The second kappa shape index (κ2) is 5.41. The molecule has 0 radical (unpaired) electrons. The maximum atomic E-state index is 12.3. The van der Waals surface area contributed by atoms with Crippen LogP contribution in [0.25, 0.3) is 0 Å². The van der Waals surface area contributed by atoms with Crippen molar-refractivity contribution < 1.29 is 4.79 Å². The predicted molar refractivity (Wildman–Crippen MR) is 79.7 cm³/mol. The molecule has 0 spiro atoms. The van der Waals surface area contributed by atoms with E-state index in [1.807, 2.05) is 0 Å². The molecule has 98 valence electrons. The van der Waals surface area contributed by atoms with Crippen LogP contribution in [0.2, 0.25) is 0 Å². The van der Waals surface area contributed by atoms with E-state index in [1.165, 1.54) is 0 Å². The first-order valence-electron chi connectivity index (χ1n) is 5.47. The minimum atomic E-state index is -0.129. The van der Waals surface area contributed by atoms with E-state index >= 15 is 0 Å². The van der Waals surface area contributed by atoms with Crippen LogP contribution in [0.3, 0.4) is 0 Å². The number of aryl methyl sites for hydroxylation is 1. The van der Waals surface area contributed by atoms with E-state index in [9.17, 15) is 4.79 Å². The molecule has 5 nitrogen and oxygen atoms in total. The highest BCUT2D eigenvalue weighted by molar-refractivity contribution is 7.80. The lowest BCUT2D eigenvalue weighted by molar-refractivity contribution is 0.0996. The lowest BCUT2D eigenvalue weighted by Gasteiger charge is -2.16. The molecule has 2 N–H and O–H groups in total. The SMILES string of the molecule is Cc1nnsc1C(=O)N(C)c1ccc(C(N)=S)cc1. The second-order valence-corrected chi connectivity index (χ2v) is 5.16. The van der Waals surface area contributed by atoms with E-state index in [0.717, 1.165) is 22.8 Å². The van der Waals surface area contributed by atoms with Crippen molar-refractivity contribution in [2.45, 2.75) is 6.92 Å². The number of hydrogen-bond donors (Lipinski definition) is 1. The van der Waals surface area contributed by atoms with Crippen molar-refractivity contribution >= 4 is 40.3 Å². The fourth-order valence-electron chi connectivity index (χ4n) is 1.55. The smallest absolute Gasteiger partial charge is 0.271 e. The summed E-state index contributed by atoms with van der Waals surface area (Å²) in [4.78, 5) is 14.7. The van der Waals surface area contributed by atoms with Gasteiger partial charge in [-0.3, -0.25) is 4.79 Å². The van der Waals surface area contributed by atoms with Crippen molar-refractivity contribution in [1.29, 1.82) is 0 Å². The Balaban J connectivity index is 2.24. The molecule has 0 fully saturated rings. The average molecular weight is 292 g/mol. The van der Waals surface area contributed by atoms with Crippen molar-refractivity contribution in [3.05, 3.63) is 40.4 Å². The molecule has 1 aromatic carbocycles. The van der Waals surface area contributed by atoms with Gasteiger partial charge in [0.15, 0.2) is 0 Å². The summed E-state index contributed by atoms with van der Waals surface area (Å²) in [5.74, 6) is -0.129. The van der Waals surface area contributed by atoms with Crippen molar-refractivity contribution in [2.24, 2.45) is 5.73 Å². The van der Waals surface area contributed by atoms with E-state index < -0.39 is 0 Å². The van der Waals surface area contributed by atoms with E-state index in [1.54, 1.807) is 43.1 Å². The third-order valence-electron chi connectivity index (χ3n) is 2.69. The molecule has 0 saturated heterocycles. The lowest BCUT2D eigenvalue weighted by atomic mass is 10.2. The summed E-state index contributed by atoms with van der Waals surface area (Å²) >= 11 is 5.98. The molecule has 0 aliphatic carbocycles. The molecule has 0 unspecified atom stereocenters. The molecule has 1 amide bonds. The summed E-state index contributed by atoms with van der Waals surface area (Å²) in [6.45, 7) is 1.76. The van der Waals surface area contributed by atoms with Gasteiger partial charge in [-0.2, -0.15) is 0 Å². The fourth-order valence-corrected chi connectivity index (χ4v) is 2.32. The van der Waals surface area contributed by atoms with Gasteiger partial charge in [0.25, 0.3) is 5.91 Å². The largest absolute Gasteiger partial charge is 0.389 e. The number of hydrogen-bond acceptors (Lipinski definition) is 5. The Hall–Kier alpha value is -1.86. The van der Waals surface area contributed by atoms with Crippen molar-refractivity contribution in [2.75, 3.05) is 11.9 Å². The van der Waals surface area contributed by atoms with Gasteiger partial charge in [-0.1, -0.05) is 16.7 Å². The zero-order valence-corrected chi connectivity index (χ0v) is 12.1. The normalized spacial score (nSPS) is 10.2. The molecule has 7 heteroatoms. The monoisotopic (exact) mass is 292 g/mol. The van der Waals surface area contributed by atoms with Crippen LogP contribution in [0.4, 0.5) is 5.69 Å². The Morgan fingerprint density at radius 3 is 2.47 bits per heavy atom. The first-order chi connectivity index (χ1) is 9.00. The number of benzene rings is 1. The number of carbonyl (C=O) groups is 1. The molecule has 2 rings (SSSR count). The van der Waals surface area contributed by atoms with Gasteiger partial charge in [-0.15, -0.1) is 5.10 Å². The summed E-state index contributed by atoms with van der Waals surface area (Å²) in [5.41, 5.74) is 7.71. The van der Waals surface area contributed by atoms with Gasteiger partial charge in [0.1, 0.15) is 9.87 Å². The number of carbonyl (C=O) groups excluding carboxylic acids is 1. The maximum absolute atomic E-state index is 12.3. The van der Waals surface area contributed by atoms with Crippen LogP contribution in [0.1, 0.15) is 20.9 Å².